The van der Waals surface area contributed by atoms with Gasteiger partial charge in [-0.3, -0.25) is 9.78 Å². The number of fused-ring (bicyclic) bond motifs is 2. The van der Waals surface area contributed by atoms with Gasteiger partial charge in [-0.05, 0) is 31.4 Å². The number of aromatic nitrogens is 1. The van der Waals surface area contributed by atoms with Gasteiger partial charge in [-0.15, -0.1) is 12.4 Å². The highest BCUT2D eigenvalue weighted by Gasteiger charge is 2.41. The van der Waals surface area contributed by atoms with Gasteiger partial charge < -0.3 is 15.8 Å². The molecule has 3 atom stereocenters. The van der Waals surface area contributed by atoms with Crippen LogP contribution < -0.4 is 11.1 Å². The number of carbonyl (C=O) groups is 1. The lowest BCUT2D eigenvalue weighted by Crippen LogP contribution is -2.41. The largest absolute Gasteiger partial charge is 0.373 e. The number of carbonyl (C=O) groups excluding carboxylic acids is 1. The first-order valence-electron chi connectivity index (χ1n) is 6.37. The Morgan fingerprint density at radius 2 is 2.37 bits per heavy atom. The number of nitrogens with zero attached hydrogens (tertiary/aromatic N) is 1. The van der Waals surface area contributed by atoms with Crippen molar-refractivity contribution < 1.29 is 9.53 Å². The van der Waals surface area contributed by atoms with Crippen molar-refractivity contribution in [2.45, 2.75) is 44.1 Å². The molecule has 2 bridgehead atoms. The lowest BCUT2D eigenvalue weighted by molar-refractivity contribution is 0.0841. The van der Waals surface area contributed by atoms with Gasteiger partial charge >= 0.3 is 0 Å². The van der Waals surface area contributed by atoms with E-state index in [1.165, 1.54) is 0 Å². The van der Waals surface area contributed by atoms with E-state index in [0.29, 0.717) is 18.2 Å². The van der Waals surface area contributed by atoms with Crippen LogP contribution >= 0.6 is 12.4 Å². The molecule has 0 aliphatic carbocycles. The second-order valence-electron chi connectivity index (χ2n) is 4.93. The van der Waals surface area contributed by atoms with Gasteiger partial charge in [-0.25, -0.2) is 0 Å². The molecular weight excluding hydrogens is 266 g/mol. The molecular formula is C13H18ClN3O2. The maximum atomic E-state index is 12.1. The summed E-state index contributed by atoms with van der Waals surface area (Å²) in [5.41, 5.74) is 6.86. The van der Waals surface area contributed by atoms with Crippen molar-refractivity contribution >= 4 is 18.3 Å². The first-order valence-corrected chi connectivity index (χ1v) is 6.37. The summed E-state index contributed by atoms with van der Waals surface area (Å²) in [6.45, 7) is 0.346. The standard InChI is InChI=1S/C13H17N3O2.ClH/c14-7-9-5-8(3-4-15-9)13(17)16-11-6-10-1-2-12(11)18-10;/h3-5,10-12H,1-2,6-7,14H2,(H,16,17);1H. The number of hydrogen-bond acceptors (Lipinski definition) is 4. The Balaban J connectivity index is 0.00000133. The molecule has 0 radical (unpaired) electrons. The van der Waals surface area contributed by atoms with Crippen LogP contribution in [0.5, 0.6) is 0 Å². The number of hydrogen-bond donors (Lipinski definition) is 2. The molecule has 2 saturated heterocycles. The van der Waals surface area contributed by atoms with Gasteiger partial charge in [0.15, 0.2) is 0 Å². The molecule has 1 aromatic rings. The van der Waals surface area contributed by atoms with E-state index in [-0.39, 0.29) is 30.5 Å². The van der Waals surface area contributed by atoms with Crippen LogP contribution in [0.1, 0.15) is 35.3 Å². The summed E-state index contributed by atoms with van der Waals surface area (Å²) in [4.78, 5) is 16.2. The second kappa shape index (κ2) is 5.86. The van der Waals surface area contributed by atoms with E-state index in [1.54, 1.807) is 18.3 Å². The van der Waals surface area contributed by atoms with Crippen LogP contribution in [0.2, 0.25) is 0 Å². The number of rotatable bonds is 3. The normalized spacial score (nSPS) is 27.9. The Kier molecular flexibility index (Phi) is 4.39. The monoisotopic (exact) mass is 283 g/mol. The minimum absolute atomic E-state index is 0. The highest BCUT2D eigenvalue weighted by atomic mass is 35.5. The first kappa shape index (κ1) is 14.2. The molecule has 5 nitrogen and oxygen atoms in total. The molecule has 2 aliphatic heterocycles. The van der Waals surface area contributed by atoms with E-state index in [0.717, 1.165) is 25.0 Å². The van der Waals surface area contributed by atoms with Gasteiger partial charge in [0.05, 0.1) is 23.9 Å². The van der Waals surface area contributed by atoms with Crippen LogP contribution in [-0.4, -0.2) is 29.1 Å². The Morgan fingerprint density at radius 1 is 1.53 bits per heavy atom. The summed E-state index contributed by atoms with van der Waals surface area (Å²) in [5, 5.41) is 3.05. The highest BCUT2D eigenvalue weighted by molar-refractivity contribution is 5.94. The summed E-state index contributed by atoms with van der Waals surface area (Å²) < 4.78 is 5.72. The number of nitrogens with two attached hydrogens (primary N) is 1. The number of amides is 1. The van der Waals surface area contributed by atoms with Crippen LogP contribution in [0, 0.1) is 0 Å². The molecule has 6 heteroatoms. The van der Waals surface area contributed by atoms with Crippen molar-refractivity contribution in [2.75, 3.05) is 0 Å². The van der Waals surface area contributed by atoms with Crippen molar-refractivity contribution in [1.82, 2.24) is 10.3 Å². The maximum Gasteiger partial charge on any atom is 0.251 e. The van der Waals surface area contributed by atoms with Crippen molar-refractivity contribution in [2.24, 2.45) is 5.73 Å². The number of halogens is 1. The summed E-state index contributed by atoms with van der Waals surface area (Å²) >= 11 is 0. The Morgan fingerprint density at radius 3 is 3.00 bits per heavy atom. The van der Waals surface area contributed by atoms with E-state index in [9.17, 15) is 4.79 Å². The lowest BCUT2D eigenvalue weighted by Gasteiger charge is -2.20. The molecule has 1 aromatic heterocycles. The molecule has 3 rings (SSSR count). The van der Waals surface area contributed by atoms with Crippen LogP contribution in [0.15, 0.2) is 18.3 Å². The predicted octanol–water partition coefficient (Wildman–Crippen LogP) is 1.01. The number of pyridine rings is 1. The highest BCUT2D eigenvalue weighted by Crippen LogP contribution is 2.34. The minimum atomic E-state index is -0.0618. The molecule has 19 heavy (non-hydrogen) atoms. The smallest absolute Gasteiger partial charge is 0.251 e. The van der Waals surface area contributed by atoms with Crippen LogP contribution in [0.3, 0.4) is 0 Å². The van der Waals surface area contributed by atoms with Gasteiger partial charge in [-0.1, -0.05) is 0 Å². The summed E-state index contributed by atoms with van der Waals surface area (Å²) in [5.74, 6) is -0.0618. The summed E-state index contributed by atoms with van der Waals surface area (Å²) in [6.07, 6.45) is 5.29. The maximum absolute atomic E-state index is 12.1. The molecule has 3 heterocycles. The molecule has 3 N–H and O–H groups in total. The van der Waals surface area contributed by atoms with Gasteiger partial charge in [0.2, 0.25) is 0 Å². The zero-order valence-corrected chi connectivity index (χ0v) is 11.4. The topological polar surface area (TPSA) is 77.2 Å². The molecule has 0 aromatic carbocycles. The third-order valence-electron chi connectivity index (χ3n) is 3.71. The average Bonchev–Trinajstić information content (AvgIpc) is 3.01. The number of ether oxygens (including phenoxy) is 1. The molecule has 0 spiro atoms. The molecule has 1 amide bonds. The van der Waals surface area contributed by atoms with Gasteiger partial charge in [0.1, 0.15) is 0 Å². The van der Waals surface area contributed by atoms with E-state index in [1.807, 2.05) is 0 Å². The third kappa shape index (κ3) is 2.88. The van der Waals surface area contributed by atoms with E-state index in [4.69, 9.17) is 10.5 Å². The van der Waals surface area contributed by atoms with Gasteiger partial charge in [0.25, 0.3) is 5.91 Å². The van der Waals surface area contributed by atoms with Gasteiger partial charge in [0, 0.05) is 18.3 Å². The number of nitrogens with one attached hydrogen (secondary N) is 1. The zero-order valence-electron chi connectivity index (χ0n) is 10.5. The lowest BCUT2D eigenvalue weighted by atomic mass is 9.95. The fourth-order valence-corrected chi connectivity index (χ4v) is 2.77. The zero-order chi connectivity index (χ0) is 12.5. The van der Waals surface area contributed by atoms with Crippen molar-refractivity contribution in [3.63, 3.8) is 0 Å². The SMILES string of the molecule is Cl.NCc1cc(C(=O)NC2CC3CCC2O3)ccn1. The second-order valence-corrected chi connectivity index (χ2v) is 4.93. The molecule has 2 aliphatic rings. The predicted molar refractivity (Wildman–Crippen MR) is 73.1 cm³/mol. The molecule has 3 unspecified atom stereocenters. The minimum Gasteiger partial charge on any atom is -0.373 e. The fraction of sp³-hybridized carbons (Fsp3) is 0.538. The fourth-order valence-electron chi connectivity index (χ4n) is 2.77. The van der Waals surface area contributed by atoms with Crippen molar-refractivity contribution in [3.05, 3.63) is 29.6 Å². The Bertz CT molecular complexity index is 469. The quantitative estimate of drug-likeness (QED) is 0.868. The Labute approximate surface area is 118 Å². The van der Waals surface area contributed by atoms with E-state index < -0.39 is 0 Å². The van der Waals surface area contributed by atoms with Crippen LogP contribution in [0.25, 0.3) is 0 Å². The Hall–Kier alpha value is -1.17. The van der Waals surface area contributed by atoms with E-state index >= 15 is 0 Å². The average molecular weight is 284 g/mol. The van der Waals surface area contributed by atoms with Crippen molar-refractivity contribution in [1.29, 1.82) is 0 Å². The molecule has 0 saturated carbocycles. The van der Waals surface area contributed by atoms with Gasteiger partial charge in [-0.2, -0.15) is 0 Å². The summed E-state index contributed by atoms with van der Waals surface area (Å²) in [7, 11) is 0. The van der Waals surface area contributed by atoms with Crippen LogP contribution in [0.4, 0.5) is 0 Å². The van der Waals surface area contributed by atoms with E-state index in [2.05, 4.69) is 10.3 Å². The third-order valence-corrected chi connectivity index (χ3v) is 3.71. The summed E-state index contributed by atoms with van der Waals surface area (Å²) in [6, 6.07) is 3.61. The van der Waals surface area contributed by atoms with Crippen molar-refractivity contribution in [3.8, 4) is 0 Å². The molecule has 2 fully saturated rings. The first-order chi connectivity index (χ1) is 8.76. The van der Waals surface area contributed by atoms with Crippen LogP contribution in [-0.2, 0) is 11.3 Å². The molecule has 104 valence electrons.